The van der Waals surface area contributed by atoms with Crippen molar-refractivity contribution in [1.29, 1.82) is 0 Å². The Hall–Kier alpha value is -0.600. The Kier molecular flexibility index (Phi) is 4.79. The first-order valence-corrected chi connectivity index (χ1v) is 5.09. The van der Waals surface area contributed by atoms with E-state index in [2.05, 4.69) is 0 Å². The molecule has 1 saturated heterocycles. The summed E-state index contributed by atoms with van der Waals surface area (Å²) in [5.41, 5.74) is 0. The molecule has 2 nitrogen and oxygen atoms in total. The van der Waals surface area contributed by atoms with Crippen LogP contribution in [0.25, 0.3) is 0 Å². The molecule has 0 spiro atoms. The van der Waals surface area contributed by atoms with E-state index < -0.39 is 6.17 Å². The molecule has 1 aliphatic rings. The molecule has 0 N–H and O–H groups in total. The van der Waals surface area contributed by atoms with Crippen molar-refractivity contribution < 1.29 is 13.9 Å². The van der Waals surface area contributed by atoms with Gasteiger partial charge in [-0.3, -0.25) is 4.79 Å². The molecule has 1 fully saturated rings. The molecular formula is C10H17FO2. The number of carbonyl (C=O) groups is 1. The van der Waals surface area contributed by atoms with Gasteiger partial charge in [-0.1, -0.05) is 25.7 Å². The van der Waals surface area contributed by atoms with Gasteiger partial charge in [0.05, 0.1) is 0 Å². The Morgan fingerprint density at radius 3 is 2.69 bits per heavy atom. The van der Waals surface area contributed by atoms with Crippen LogP contribution in [-0.4, -0.2) is 18.7 Å². The first kappa shape index (κ1) is 10.5. The summed E-state index contributed by atoms with van der Waals surface area (Å²) in [6.45, 7) is -0.0428. The standard InChI is InChI=1S/C10H17FO2/c11-9-6-4-2-1-3-5-7-10(12)13-8-9/h9H,1-8H2. The number of ether oxygens (including phenoxy) is 1. The van der Waals surface area contributed by atoms with Crippen LogP contribution in [0.4, 0.5) is 4.39 Å². The highest BCUT2D eigenvalue weighted by atomic mass is 19.1. The fourth-order valence-corrected chi connectivity index (χ4v) is 1.50. The molecule has 13 heavy (non-hydrogen) atoms. The lowest BCUT2D eigenvalue weighted by Gasteiger charge is -2.07. The highest BCUT2D eigenvalue weighted by Gasteiger charge is 2.11. The minimum Gasteiger partial charge on any atom is -0.463 e. The monoisotopic (exact) mass is 188 g/mol. The zero-order valence-electron chi connectivity index (χ0n) is 7.93. The topological polar surface area (TPSA) is 26.3 Å². The van der Waals surface area contributed by atoms with E-state index in [1.54, 1.807) is 0 Å². The van der Waals surface area contributed by atoms with E-state index in [0.29, 0.717) is 12.8 Å². The summed E-state index contributed by atoms with van der Waals surface area (Å²) in [6.07, 6.45) is 5.08. The molecule has 3 heteroatoms. The molecule has 0 saturated carbocycles. The first-order valence-electron chi connectivity index (χ1n) is 5.09. The third-order valence-corrected chi connectivity index (χ3v) is 2.32. The predicted molar refractivity (Wildman–Crippen MR) is 48.2 cm³/mol. The van der Waals surface area contributed by atoms with E-state index in [4.69, 9.17) is 4.74 Å². The third kappa shape index (κ3) is 4.86. The SMILES string of the molecule is O=C1CCCCCCCC(F)CO1. The summed E-state index contributed by atoms with van der Waals surface area (Å²) in [6, 6.07) is 0. The molecule has 76 valence electrons. The minimum atomic E-state index is -0.956. The average molecular weight is 188 g/mol. The van der Waals surface area contributed by atoms with Crippen LogP contribution < -0.4 is 0 Å². The largest absolute Gasteiger partial charge is 0.463 e. The Labute approximate surface area is 78.5 Å². The van der Waals surface area contributed by atoms with Crippen LogP contribution >= 0.6 is 0 Å². The Balaban J connectivity index is 2.28. The molecule has 1 rings (SSSR count). The third-order valence-electron chi connectivity index (χ3n) is 2.32. The summed E-state index contributed by atoms with van der Waals surface area (Å²) in [5, 5.41) is 0. The molecule has 0 aromatic rings. The molecule has 0 aliphatic carbocycles. The van der Waals surface area contributed by atoms with E-state index in [9.17, 15) is 9.18 Å². The molecular weight excluding hydrogens is 171 g/mol. The molecule has 0 aromatic carbocycles. The maximum Gasteiger partial charge on any atom is 0.305 e. The Morgan fingerprint density at radius 2 is 1.85 bits per heavy atom. The van der Waals surface area contributed by atoms with Gasteiger partial charge in [-0.25, -0.2) is 4.39 Å². The van der Waals surface area contributed by atoms with Crippen LogP contribution in [0.2, 0.25) is 0 Å². The van der Waals surface area contributed by atoms with Crippen LogP contribution in [0.3, 0.4) is 0 Å². The number of esters is 1. The van der Waals surface area contributed by atoms with Crippen LogP contribution in [0.5, 0.6) is 0 Å². The Morgan fingerprint density at radius 1 is 1.15 bits per heavy atom. The van der Waals surface area contributed by atoms with E-state index in [1.807, 2.05) is 0 Å². The van der Waals surface area contributed by atoms with Crippen molar-refractivity contribution in [3.8, 4) is 0 Å². The normalized spacial score (nSPS) is 27.5. The quantitative estimate of drug-likeness (QED) is 0.546. The van der Waals surface area contributed by atoms with Crippen molar-refractivity contribution in [2.75, 3.05) is 6.61 Å². The van der Waals surface area contributed by atoms with E-state index in [1.165, 1.54) is 0 Å². The molecule has 1 aliphatic heterocycles. The van der Waals surface area contributed by atoms with Gasteiger partial charge in [0.2, 0.25) is 0 Å². The van der Waals surface area contributed by atoms with Gasteiger partial charge < -0.3 is 4.74 Å². The lowest BCUT2D eigenvalue weighted by molar-refractivity contribution is -0.145. The average Bonchev–Trinajstić information content (AvgIpc) is 2.15. The molecule has 0 bridgehead atoms. The van der Waals surface area contributed by atoms with E-state index in [-0.39, 0.29) is 12.6 Å². The summed E-state index contributed by atoms with van der Waals surface area (Å²) in [7, 11) is 0. The van der Waals surface area contributed by atoms with Gasteiger partial charge in [-0.2, -0.15) is 0 Å². The summed E-state index contributed by atoms with van der Waals surface area (Å²) < 4.78 is 17.7. The zero-order chi connectivity index (χ0) is 9.52. The first-order chi connectivity index (χ1) is 6.29. The number of cyclic esters (lactones) is 1. The van der Waals surface area contributed by atoms with E-state index >= 15 is 0 Å². The lowest BCUT2D eigenvalue weighted by atomic mass is 10.1. The number of rotatable bonds is 0. The van der Waals surface area contributed by atoms with Gasteiger partial charge in [0.1, 0.15) is 12.8 Å². The molecule has 1 unspecified atom stereocenters. The smallest absolute Gasteiger partial charge is 0.305 e. The van der Waals surface area contributed by atoms with Crippen LogP contribution in [0.1, 0.15) is 44.9 Å². The molecule has 0 radical (unpaired) electrons. The summed E-state index contributed by atoms with van der Waals surface area (Å²) >= 11 is 0. The van der Waals surface area contributed by atoms with Crippen molar-refractivity contribution in [1.82, 2.24) is 0 Å². The second-order valence-electron chi connectivity index (χ2n) is 3.59. The second-order valence-corrected chi connectivity index (χ2v) is 3.59. The minimum absolute atomic E-state index is 0.0428. The Bertz CT molecular complexity index is 159. The zero-order valence-corrected chi connectivity index (χ0v) is 7.93. The van der Waals surface area contributed by atoms with Crippen molar-refractivity contribution in [3.63, 3.8) is 0 Å². The maximum atomic E-state index is 13.0. The molecule has 0 amide bonds. The van der Waals surface area contributed by atoms with Gasteiger partial charge >= 0.3 is 5.97 Å². The molecule has 1 heterocycles. The molecule has 1 atom stereocenters. The van der Waals surface area contributed by atoms with Crippen molar-refractivity contribution in [3.05, 3.63) is 0 Å². The van der Waals surface area contributed by atoms with Gasteiger partial charge in [0.15, 0.2) is 0 Å². The number of hydrogen-bond donors (Lipinski definition) is 0. The van der Waals surface area contributed by atoms with Gasteiger partial charge in [0, 0.05) is 6.42 Å². The highest BCUT2D eigenvalue weighted by Crippen LogP contribution is 2.13. The highest BCUT2D eigenvalue weighted by molar-refractivity contribution is 5.69. The van der Waals surface area contributed by atoms with Crippen molar-refractivity contribution in [2.24, 2.45) is 0 Å². The number of halogens is 1. The maximum absolute atomic E-state index is 13.0. The van der Waals surface area contributed by atoms with E-state index in [0.717, 1.165) is 32.1 Å². The lowest BCUT2D eigenvalue weighted by Crippen LogP contribution is -2.14. The fourth-order valence-electron chi connectivity index (χ4n) is 1.50. The van der Waals surface area contributed by atoms with Crippen molar-refractivity contribution in [2.45, 2.75) is 51.1 Å². The fraction of sp³-hybridized carbons (Fsp3) is 0.900. The van der Waals surface area contributed by atoms with Gasteiger partial charge in [-0.15, -0.1) is 0 Å². The summed E-state index contributed by atoms with van der Waals surface area (Å²) in [4.78, 5) is 11.0. The van der Waals surface area contributed by atoms with Gasteiger partial charge in [-0.05, 0) is 12.8 Å². The predicted octanol–water partition coefficient (Wildman–Crippen LogP) is 2.61. The number of hydrogen-bond acceptors (Lipinski definition) is 2. The van der Waals surface area contributed by atoms with Crippen LogP contribution in [0, 0.1) is 0 Å². The second kappa shape index (κ2) is 5.95. The van der Waals surface area contributed by atoms with Gasteiger partial charge in [0.25, 0.3) is 0 Å². The molecule has 0 aromatic heterocycles. The van der Waals surface area contributed by atoms with Crippen molar-refractivity contribution >= 4 is 5.97 Å². The van der Waals surface area contributed by atoms with Crippen LogP contribution in [0.15, 0.2) is 0 Å². The van der Waals surface area contributed by atoms with Crippen LogP contribution in [-0.2, 0) is 9.53 Å². The number of carbonyl (C=O) groups excluding carboxylic acids is 1. The summed E-state index contributed by atoms with van der Waals surface area (Å²) in [5.74, 6) is -0.246. The number of alkyl halides is 1.